The van der Waals surface area contributed by atoms with E-state index in [4.69, 9.17) is 4.74 Å². The Balaban J connectivity index is 1.50. The van der Waals surface area contributed by atoms with E-state index >= 15 is 0 Å². The van der Waals surface area contributed by atoms with E-state index in [0.717, 1.165) is 47.9 Å². The summed E-state index contributed by atoms with van der Waals surface area (Å²) in [5.41, 5.74) is 2.28. The Morgan fingerprint density at radius 3 is 2.83 bits per heavy atom. The van der Waals surface area contributed by atoms with Crippen molar-refractivity contribution in [3.63, 3.8) is 0 Å². The van der Waals surface area contributed by atoms with Gasteiger partial charge in [0.25, 0.3) is 0 Å². The van der Waals surface area contributed by atoms with Crippen LogP contribution in [0.2, 0.25) is 0 Å². The average molecular weight is 456 g/mol. The maximum absolute atomic E-state index is 12.5. The molecule has 1 N–H and O–H groups in total. The predicted octanol–water partition coefficient (Wildman–Crippen LogP) is 2.48. The lowest BCUT2D eigenvalue weighted by atomic mass is 10.1. The molecule has 0 saturated carbocycles. The van der Waals surface area contributed by atoms with Crippen molar-refractivity contribution in [3.8, 4) is 0 Å². The van der Waals surface area contributed by atoms with Crippen molar-refractivity contribution in [2.24, 2.45) is 0 Å². The van der Waals surface area contributed by atoms with E-state index < -0.39 is 15.7 Å². The van der Waals surface area contributed by atoms with E-state index in [1.165, 1.54) is 5.56 Å². The van der Waals surface area contributed by atoms with Gasteiger partial charge in [-0.1, -0.05) is 29.2 Å². The lowest BCUT2D eigenvalue weighted by Crippen LogP contribution is -2.17. The average Bonchev–Trinajstić information content (AvgIpc) is 3.33. The monoisotopic (exact) mass is 455 g/mol. The van der Waals surface area contributed by atoms with Crippen molar-refractivity contribution in [1.82, 2.24) is 10.2 Å². The van der Waals surface area contributed by atoms with E-state index in [1.54, 1.807) is 19.1 Å². The second kappa shape index (κ2) is 9.68. The first-order chi connectivity index (χ1) is 13.9. The van der Waals surface area contributed by atoms with Crippen LogP contribution in [0.4, 0.5) is 5.13 Å². The number of fused-ring (bicyclic) bond motifs is 1. The Bertz CT molecular complexity index is 1000. The number of thioether (sulfide) groups is 1. The predicted molar refractivity (Wildman–Crippen MR) is 111 cm³/mol. The van der Waals surface area contributed by atoms with Gasteiger partial charge in [-0.25, -0.2) is 8.42 Å². The van der Waals surface area contributed by atoms with Crippen LogP contribution in [0.15, 0.2) is 27.4 Å². The van der Waals surface area contributed by atoms with Crippen LogP contribution in [0, 0.1) is 0 Å². The highest BCUT2D eigenvalue weighted by molar-refractivity contribution is 8.01. The Morgan fingerprint density at radius 1 is 1.24 bits per heavy atom. The van der Waals surface area contributed by atoms with Crippen molar-refractivity contribution in [2.45, 2.75) is 41.8 Å². The van der Waals surface area contributed by atoms with E-state index in [1.807, 2.05) is 6.07 Å². The van der Waals surface area contributed by atoms with E-state index in [9.17, 15) is 18.0 Å². The third-order valence-electron chi connectivity index (χ3n) is 4.30. The van der Waals surface area contributed by atoms with Crippen LogP contribution in [0.3, 0.4) is 0 Å². The number of benzene rings is 1. The molecule has 3 rings (SSSR count). The summed E-state index contributed by atoms with van der Waals surface area (Å²) in [6.07, 6.45) is 2.75. The standard InChI is InChI=1S/C18H21N3O5S3/c1-2-26-16(23)11-27-18-21-20-17(28-18)19-15(22)8-9-29(24,25)14-7-6-12-4-3-5-13(12)10-14/h6-7,10H,2-5,8-9,11H2,1H3,(H,19,20,22). The lowest BCUT2D eigenvalue weighted by Gasteiger charge is -2.07. The third kappa shape index (κ3) is 6.00. The fourth-order valence-corrected chi connectivity index (χ4v) is 5.76. The molecule has 156 valence electrons. The summed E-state index contributed by atoms with van der Waals surface area (Å²) in [5.74, 6) is -0.973. The van der Waals surface area contributed by atoms with Gasteiger partial charge in [0, 0.05) is 6.42 Å². The number of hydrogen-bond donors (Lipinski definition) is 1. The third-order valence-corrected chi connectivity index (χ3v) is 7.96. The summed E-state index contributed by atoms with van der Waals surface area (Å²) in [5, 5.41) is 10.5. The summed E-state index contributed by atoms with van der Waals surface area (Å²) >= 11 is 2.28. The lowest BCUT2D eigenvalue weighted by molar-refractivity contribution is -0.139. The summed E-state index contributed by atoms with van der Waals surface area (Å²) < 4.78 is 30.4. The molecule has 0 bridgehead atoms. The zero-order valence-electron chi connectivity index (χ0n) is 15.8. The molecule has 1 aliphatic carbocycles. The number of aromatic nitrogens is 2. The van der Waals surface area contributed by atoms with Gasteiger partial charge in [0.1, 0.15) is 0 Å². The van der Waals surface area contributed by atoms with Crippen LogP contribution in [-0.2, 0) is 37.0 Å². The van der Waals surface area contributed by atoms with E-state index in [2.05, 4.69) is 15.5 Å². The maximum atomic E-state index is 12.5. The molecule has 1 aromatic heterocycles. The van der Waals surface area contributed by atoms with Crippen molar-refractivity contribution in [1.29, 1.82) is 0 Å². The van der Waals surface area contributed by atoms with Crippen LogP contribution in [0.1, 0.15) is 30.9 Å². The normalized spacial score (nSPS) is 13.1. The first-order valence-electron chi connectivity index (χ1n) is 9.13. The molecule has 1 aliphatic rings. The fraction of sp³-hybridized carbons (Fsp3) is 0.444. The van der Waals surface area contributed by atoms with Gasteiger partial charge in [-0.05, 0) is 49.4 Å². The number of carbonyl (C=O) groups excluding carboxylic acids is 2. The highest BCUT2D eigenvalue weighted by atomic mass is 32.2. The molecule has 8 nitrogen and oxygen atoms in total. The van der Waals surface area contributed by atoms with Gasteiger partial charge >= 0.3 is 5.97 Å². The molecule has 0 fully saturated rings. The number of rotatable bonds is 9. The second-order valence-corrected chi connectivity index (χ2v) is 10.7. The van der Waals surface area contributed by atoms with Crippen molar-refractivity contribution >= 4 is 49.9 Å². The second-order valence-electron chi connectivity index (χ2n) is 6.37. The smallest absolute Gasteiger partial charge is 0.316 e. The number of carbonyl (C=O) groups is 2. The summed E-state index contributed by atoms with van der Waals surface area (Å²) in [6, 6.07) is 5.22. The van der Waals surface area contributed by atoms with Crippen LogP contribution >= 0.6 is 23.1 Å². The number of amides is 1. The largest absolute Gasteiger partial charge is 0.465 e. The molecular formula is C18H21N3O5S3. The molecular weight excluding hydrogens is 434 g/mol. The minimum atomic E-state index is -3.54. The van der Waals surface area contributed by atoms with Crippen LogP contribution in [0.5, 0.6) is 0 Å². The van der Waals surface area contributed by atoms with Gasteiger partial charge in [-0.3, -0.25) is 9.59 Å². The van der Waals surface area contributed by atoms with Crippen LogP contribution in [-0.4, -0.2) is 48.6 Å². The van der Waals surface area contributed by atoms with Crippen LogP contribution in [0.25, 0.3) is 0 Å². The zero-order chi connectivity index (χ0) is 20.9. The molecule has 1 amide bonds. The Kier molecular flexibility index (Phi) is 7.25. The quantitative estimate of drug-likeness (QED) is 0.348. The molecule has 1 aromatic carbocycles. The number of hydrogen-bond acceptors (Lipinski definition) is 9. The van der Waals surface area contributed by atoms with Crippen molar-refractivity contribution in [2.75, 3.05) is 23.4 Å². The number of nitrogens with zero attached hydrogens (tertiary/aromatic N) is 2. The molecule has 2 aromatic rings. The number of esters is 1. The molecule has 0 unspecified atom stereocenters. The molecule has 0 spiro atoms. The Morgan fingerprint density at radius 2 is 2.03 bits per heavy atom. The highest BCUT2D eigenvalue weighted by Crippen LogP contribution is 2.27. The molecule has 0 saturated heterocycles. The topological polar surface area (TPSA) is 115 Å². The maximum Gasteiger partial charge on any atom is 0.316 e. The van der Waals surface area contributed by atoms with Gasteiger partial charge in [0.2, 0.25) is 11.0 Å². The molecule has 0 aliphatic heterocycles. The van der Waals surface area contributed by atoms with E-state index in [-0.39, 0.29) is 33.9 Å². The summed E-state index contributed by atoms with van der Waals surface area (Å²) in [6.45, 7) is 2.04. The Hall–Kier alpha value is -1.98. The highest BCUT2D eigenvalue weighted by Gasteiger charge is 2.20. The van der Waals surface area contributed by atoms with Gasteiger partial charge in [-0.15, -0.1) is 10.2 Å². The number of nitrogens with one attached hydrogen (secondary N) is 1. The molecule has 29 heavy (non-hydrogen) atoms. The van der Waals surface area contributed by atoms with E-state index in [0.29, 0.717) is 10.9 Å². The zero-order valence-corrected chi connectivity index (χ0v) is 18.3. The molecule has 0 atom stereocenters. The molecule has 1 heterocycles. The molecule has 11 heteroatoms. The fourth-order valence-electron chi connectivity index (χ4n) is 2.91. The number of anilines is 1. The minimum absolute atomic E-state index is 0.107. The van der Waals surface area contributed by atoms with Gasteiger partial charge < -0.3 is 10.1 Å². The summed E-state index contributed by atoms with van der Waals surface area (Å²) in [4.78, 5) is 23.7. The van der Waals surface area contributed by atoms with Gasteiger partial charge in [0.05, 0.1) is 23.0 Å². The SMILES string of the molecule is CCOC(=O)CSc1nnc(NC(=O)CCS(=O)(=O)c2ccc3c(c2)CCC3)s1. The first-order valence-corrected chi connectivity index (χ1v) is 12.6. The van der Waals surface area contributed by atoms with Crippen molar-refractivity contribution in [3.05, 3.63) is 29.3 Å². The number of aryl methyl sites for hydroxylation is 2. The van der Waals surface area contributed by atoms with Crippen molar-refractivity contribution < 1.29 is 22.7 Å². The number of sulfone groups is 1. The first kappa shape index (κ1) is 21.7. The van der Waals surface area contributed by atoms with Crippen LogP contribution < -0.4 is 5.32 Å². The number of ether oxygens (including phenoxy) is 1. The molecule has 0 radical (unpaired) electrons. The minimum Gasteiger partial charge on any atom is -0.465 e. The summed E-state index contributed by atoms with van der Waals surface area (Å²) in [7, 11) is -3.54. The Labute approximate surface area is 177 Å². The van der Waals surface area contributed by atoms with Gasteiger partial charge in [0.15, 0.2) is 14.2 Å². The van der Waals surface area contributed by atoms with Gasteiger partial charge in [-0.2, -0.15) is 0 Å².